The van der Waals surface area contributed by atoms with Crippen LogP contribution in [0.5, 0.6) is 0 Å². The predicted molar refractivity (Wildman–Crippen MR) is 69.4 cm³/mol. The van der Waals surface area contributed by atoms with Gasteiger partial charge in [0.1, 0.15) is 5.15 Å². The number of hydrogen-bond acceptors (Lipinski definition) is 3. The van der Waals surface area contributed by atoms with Crippen molar-refractivity contribution in [2.24, 2.45) is 5.92 Å². The van der Waals surface area contributed by atoms with Gasteiger partial charge in [-0.25, -0.2) is 4.98 Å². The van der Waals surface area contributed by atoms with Gasteiger partial charge in [-0.2, -0.15) is 0 Å². The summed E-state index contributed by atoms with van der Waals surface area (Å²) in [4.78, 5) is 7.52. The number of halogens is 2. The fraction of sp³-hybridized carbons (Fsp3) is 0.700. The van der Waals surface area contributed by atoms with Crippen molar-refractivity contribution >= 4 is 39.7 Å². The Morgan fingerprint density at radius 2 is 2.13 bits per heavy atom. The Morgan fingerprint density at radius 1 is 1.47 bits per heavy atom. The van der Waals surface area contributed by atoms with Gasteiger partial charge in [0.25, 0.3) is 0 Å². The van der Waals surface area contributed by atoms with Crippen molar-refractivity contribution in [1.29, 1.82) is 0 Å². The highest BCUT2D eigenvalue weighted by molar-refractivity contribution is 7.16. The fourth-order valence-corrected chi connectivity index (χ4v) is 2.87. The number of aromatic nitrogens is 1. The van der Waals surface area contributed by atoms with Gasteiger partial charge in [-0.05, 0) is 12.8 Å². The summed E-state index contributed by atoms with van der Waals surface area (Å²) in [5.74, 6) is 1.06. The van der Waals surface area contributed by atoms with E-state index in [1.807, 2.05) is 0 Å². The van der Waals surface area contributed by atoms with E-state index >= 15 is 0 Å². The molecule has 2 nitrogen and oxygen atoms in total. The molecule has 0 unspecified atom stereocenters. The van der Waals surface area contributed by atoms with Gasteiger partial charge < -0.3 is 4.90 Å². The van der Waals surface area contributed by atoms with Gasteiger partial charge in [0.2, 0.25) is 0 Å². The molecule has 0 atom stereocenters. The highest BCUT2D eigenvalue weighted by atomic mass is 35.5. The zero-order valence-corrected chi connectivity index (χ0v) is 11.6. The molecule has 0 aliphatic heterocycles. The van der Waals surface area contributed by atoms with E-state index in [9.17, 15) is 0 Å². The molecule has 0 N–H and O–H groups in total. The second-order valence-electron chi connectivity index (χ2n) is 3.78. The Labute approximate surface area is 105 Å². The highest BCUT2D eigenvalue weighted by Gasteiger charge is 2.14. The van der Waals surface area contributed by atoms with E-state index in [1.54, 1.807) is 11.3 Å². The lowest BCUT2D eigenvalue weighted by Crippen LogP contribution is -2.26. The Hall–Kier alpha value is 0.01000. The average molecular weight is 267 g/mol. The summed E-state index contributed by atoms with van der Waals surface area (Å²) in [6, 6.07) is 0. The van der Waals surface area contributed by atoms with Gasteiger partial charge in [-0.3, -0.25) is 0 Å². The van der Waals surface area contributed by atoms with Crippen molar-refractivity contribution in [2.45, 2.75) is 26.7 Å². The lowest BCUT2D eigenvalue weighted by molar-refractivity contribution is 0.618. The van der Waals surface area contributed by atoms with E-state index in [4.69, 9.17) is 23.2 Å². The monoisotopic (exact) mass is 266 g/mol. The second-order valence-corrected chi connectivity index (χ2v) is 5.46. The van der Waals surface area contributed by atoms with E-state index in [1.165, 1.54) is 0 Å². The van der Waals surface area contributed by atoms with Crippen LogP contribution in [0.1, 0.15) is 25.6 Å². The van der Waals surface area contributed by atoms with Crippen molar-refractivity contribution in [3.05, 3.63) is 10.0 Å². The van der Waals surface area contributed by atoms with Crippen LogP contribution in [0.2, 0.25) is 5.15 Å². The molecule has 1 aromatic rings. The van der Waals surface area contributed by atoms with Crippen molar-refractivity contribution in [1.82, 2.24) is 4.98 Å². The fourth-order valence-electron chi connectivity index (χ4n) is 1.32. The summed E-state index contributed by atoms with van der Waals surface area (Å²) in [5, 5.41) is 1.53. The van der Waals surface area contributed by atoms with Crippen LogP contribution >= 0.6 is 34.5 Å². The minimum absolute atomic E-state index is 0.440. The maximum Gasteiger partial charge on any atom is 0.187 e. The van der Waals surface area contributed by atoms with Crippen molar-refractivity contribution in [2.75, 3.05) is 18.0 Å². The standard InChI is InChI=1S/C10H16Cl2N2S/c1-4-14(6-7(2)3)10-13-9(12)8(5-11)15-10/h7H,4-6H2,1-3H3. The number of anilines is 1. The summed E-state index contributed by atoms with van der Waals surface area (Å²) in [5.41, 5.74) is 0. The van der Waals surface area contributed by atoms with E-state index in [-0.39, 0.29) is 0 Å². The van der Waals surface area contributed by atoms with Crippen LogP contribution < -0.4 is 4.90 Å². The van der Waals surface area contributed by atoms with Crippen LogP contribution in [0.15, 0.2) is 0 Å². The van der Waals surface area contributed by atoms with Crippen LogP contribution in [0.4, 0.5) is 5.13 Å². The summed E-state index contributed by atoms with van der Waals surface area (Å²) in [6.45, 7) is 8.46. The molecule has 0 bridgehead atoms. The van der Waals surface area contributed by atoms with Crippen LogP contribution in [-0.2, 0) is 5.88 Å². The summed E-state index contributed by atoms with van der Waals surface area (Å²) in [7, 11) is 0. The first-order valence-electron chi connectivity index (χ1n) is 5.04. The van der Waals surface area contributed by atoms with Gasteiger partial charge >= 0.3 is 0 Å². The SMILES string of the molecule is CCN(CC(C)C)c1nc(Cl)c(CCl)s1. The molecule has 1 aromatic heterocycles. The largest absolute Gasteiger partial charge is 0.348 e. The van der Waals surface area contributed by atoms with Gasteiger partial charge in [-0.15, -0.1) is 11.6 Å². The molecule has 86 valence electrons. The van der Waals surface area contributed by atoms with Crippen LogP contribution in [0.3, 0.4) is 0 Å². The summed E-state index contributed by atoms with van der Waals surface area (Å²) < 4.78 is 0. The van der Waals surface area contributed by atoms with Crippen LogP contribution in [0, 0.1) is 5.92 Å². The molecule has 0 saturated carbocycles. The van der Waals surface area contributed by atoms with Crippen molar-refractivity contribution in [3.63, 3.8) is 0 Å². The molecule has 0 aliphatic carbocycles. The third-order valence-corrected chi connectivity index (χ3v) is 3.96. The Bertz CT molecular complexity index is 312. The summed E-state index contributed by atoms with van der Waals surface area (Å²) >= 11 is 13.3. The molecule has 0 saturated heterocycles. The lowest BCUT2D eigenvalue weighted by Gasteiger charge is -2.21. The van der Waals surface area contributed by atoms with E-state index in [2.05, 4.69) is 30.7 Å². The normalized spacial score (nSPS) is 11.1. The quantitative estimate of drug-likeness (QED) is 0.749. The minimum atomic E-state index is 0.440. The zero-order valence-electron chi connectivity index (χ0n) is 9.26. The number of nitrogens with zero attached hydrogens (tertiary/aromatic N) is 2. The molecular weight excluding hydrogens is 251 g/mol. The van der Waals surface area contributed by atoms with Gasteiger partial charge in [0.05, 0.1) is 10.8 Å². The molecule has 0 fully saturated rings. The first-order chi connectivity index (χ1) is 7.08. The molecule has 0 amide bonds. The first kappa shape index (κ1) is 13.1. The van der Waals surface area contributed by atoms with E-state index in [0.29, 0.717) is 17.0 Å². The average Bonchev–Trinajstić information content (AvgIpc) is 2.55. The van der Waals surface area contributed by atoms with Crippen LogP contribution in [0.25, 0.3) is 0 Å². The molecule has 15 heavy (non-hydrogen) atoms. The van der Waals surface area contributed by atoms with Gasteiger partial charge in [0, 0.05) is 13.1 Å². The molecule has 0 aliphatic rings. The number of thiazole rings is 1. The zero-order chi connectivity index (χ0) is 11.4. The van der Waals surface area contributed by atoms with Crippen molar-refractivity contribution < 1.29 is 0 Å². The Kier molecular flexibility index (Phi) is 5.16. The molecule has 0 spiro atoms. The van der Waals surface area contributed by atoms with E-state index in [0.717, 1.165) is 23.1 Å². The number of rotatable bonds is 5. The molecule has 5 heteroatoms. The van der Waals surface area contributed by atoms with Crippen molar-refractivity contribution in [3.8, 4) is 0 Å². The third kappa shape index (κ3) is 3.51. The molecule has 1 rings (SSSR count). The third-order valence-electron chi connectivity index (χ3n) is 2.00. The molecule has 0 aromatic carbocycles. The molecule has 0 radical (unpaired) electrons. The number of alkyl halides is 1. The van der Waals surface area contributed by atoms with Gasteiger partial charge in [-0.1, -0.05) is 36.8 Å². The maximum absolute atomic E-state index is 5.97. The second kappa shape index (κ2) is 5.92. The minimum Gasteiger partial charge on any atom is -0.348 e. The predicted octanol–water partition coefficient (Wildman–Crippen LogP) is 4.02. The first-order valence-corrected chi connectivity index (χ1v) is 6.77. The van der Waals surface area contributed by atoms with Gasteiger partial charge in [0.15, 0.2) is 5.13 Å². The highest BCUT2D eigenvalue weighted by Crippen LogP contribution is 2.31. The molecular formula is C10H16Cl2N2S. The maximum atomic E-state index is 5.97. The smallest absolute Gasteiger partial charge is 0.187 e. The Morgan fingerprint density at radius 3 is 2.53 bits per heavy atom. The topological polar surface area (TPSA) is 16.1 Å². The summed E-state index contributed by atoms with van der Waals surface area (Å²) in [6.07, 6.45) is 0. The lowest BCUT2D eigenvalue weighted by atomic mass is 10.2. The Balaban J connectivity index is 2.82. The van der Waals surface area contributed by atoms with Crippen LogP contribution in [-0.4, -0.2) is 18.1 Å². The number of hydrogen-bond donors (Lipinski definition) is 0. The molecule has 1 heterocycles. The van der Waals surface area contributed by atoms with E-state index < -0.39 is 0 Å².